The van der Waals surface area contributed by atoms with E-state index < -0.39 is 13.9 Å². The zero-order valence-electron chi connectivity index (χ0n) is 28.7. The Labute approximate surface area is 262 Å². The summed E-state index contributed by atoms with van der Waals surface area (Å²) >= 11 is 0. The molecule has 0 radical (unpaired) electrons. The molecule has 0 N–H and O–H groups in total. The van der Waals surface area contributed by atoms with Crippen molar-refractivity contribution < 1.29 is 51.9 Å². The second-order valence-corrected chi connectivity index (χ2v) is 17.2. The monoisotopic (exact) mass is 641 g/mol. The van der Waals surface area contributed by atoms with E-state index in [1.54, 1.807) is 7.05 Å². The van der Waals surface area contributed by atoms with E-state index in [4.69, 9.17) is 47.1 Å². The van der Waals surface area contributed by atoms with Gasteiger partial charge >= 0.3 is 6.09 Å². The maximum atomic E-state index is 11.8. The van der Waals surface area contributed by atoms with Crippen LogP contribution >= 0.6 is 0 Å². The highest BCUT2D eigenvalue weighted by molar-refractivity contribution is 6.74. The van der Waals surface area contributed by atoms with Gasteiger partial charge in [-0.2, -0.15) is 0 Å². The van der Waals surface area contributed by atoms with E-state index in [9.17, 15) is 4.79 Å². The predicted molar refractivity (Wildman–Crippen MR) is 169 cm³/mol. The maximum Gasteiger partial charge on any atom is 0.410 e. The van der Waals surface area contributed by atoms with Gasteiger partial charge in [0.1, 0.15) is 5.60 Å². The standard InChI is InChI=1S/C30H63NO11Si/c1-29(2,3)42-28(32)31(7)10-11-33-12-13-34-14-15-35-16-17-36-18-19-37-20-21-38-22-23-39-24-25-40-26-27-41-43(8,9)30(4,5)6/h10-27H2,1-9H3. The van der Waals surface area contributed by atoms with Gasteiger partial charge in [0.05, 0.1) is 112 Å². The molecule has 43 heavy (non-hydrogen) atoms. The molecule has 0 aromatic rings. The summed E-state index contributed by atoms with van der Waals surface area (Å²) in [6, 6.07) is 0. The smallest absolute Gasteiger partial charge is 0.410 e. The van der Waals surface area contributed by atoms with Crippen molar-refractivity contribution in [1.29, 1.82) is 0 Å². The largest absolute Gasteiger partial charge is 0.444 e. The van der Waals surface area contributed by atoms with Gasteiger partial charge in [-0.3, -0.25) is 0 Å². The van der Waals surface area contributed by atoms with Gasteiger partial charge in [0.25, 0.3) is 0 Å². The third kappa shape index (κ3) is 27.2. The van der Waals surface area contributed by atoms with Gasteiger partial charge in [0.2, 0.25) is 0 Å². The van der Waals surface area contributed by atoms with E-state index in [0.29, 0.717) is 119 Å². The molecule has 0 spiro atoms. The minimum absolute atomic E-state index is 0.215. The lowest BCUT2D eigenvalue weighted by Gasteiger charge is -2.36. The minimum Gasteiger partial charge on any atom is -0.444 e. The third-order valence-electron chi connectivity index (χ3n) is 6.38. The summed E-state index contributed by atoms with van der Waals surface area (Å²) in [6.45, 7) is 25.9. The van der Waals surface area contributed by atoms with Gasteiger partial charge in [-0.25, -0.2) is 4.79 Å². The Balaban J connectivity index is 3.24. The second kappa shape index (κ2) is 25.3. The van der Waals surface area contributed by atoms with Gasteiger partial charge in [0.15, 0.2) is 8.32 Å². The molecule has 12 nitrogen and oxygen atoms in total. The highest BCUT2D eigenvalue weighted by atomic mass is 28.4. The number of carbonyl (C=O) groups excluding carboxylic acids is 1. The Morgan fingerprint density at radius 1 is 0.512 bits per heavy atom. The van der Waals surface area contributed by atoms with Gasteiger partial charge in [-0.15, -0.1) is 0 Å². The molecule has 0 aliphatic carbocycles. The van der Waals surface area contributed by atoms with E-state index in [0.717, 1.165) is 0 Å². The van der Waals surface area contributed by atoms with Crippen LogP contribution in [0.25, 0.3) is 0 Å². The van der Waals surface area contributed by atoms with Gasteiger partial charge in [-0.1, -0.05) is 20.8 Å². The summed E-state index contributed by atoms with van der Waals surface area (Å²) in [6.07, 6.45) is -0.361. The molecule has 0 rings (SSSR count). The van der Waals surface area contributed by atoms with Crippen LogP contribution in [-0.4, -0.2) is 151 Å². The zero-order valence-corrected chi connectivity index (χ0v) is 29.7. The molecule has 0 heterocycles. The lowest BCUT2D eigenvalue weighted by molar-refractivity contribution is -0.0241. The summed E-state index contributed by atoms with van der Waals surface area (Å²) in [5.74, 6) is 0. The molecule has 0 aromatic carbocycles. The first kappa shape index (κ1) is 42.1. The molecule has 0 saturated heterocycles. The van der Waals surface area contributed by atoms with E-state index in [-0.39, 0.29) is 11.1 Å². The van der Waals surface area contributed by atoms with Crippen LogP contribution in [0.5, 0.6) is 0 Å². The van der Waals surface area contributed by atoms with Crippen molar-refractivity contribution in [3.63, 3.8) is 0 Å². The van der Waals surface area contributed by atoms with E-state index >= 15 is 0 Å². The molecule has 0 aliphatic heterocycles. The summed E-state index contributed by atoms with van der Waals surface area (Å²) in [7, 11) is -0.0135. The van der Waals surface area contributed by atoms with E-state index in [1.807, 2.05) is 20.8 Å². The second-order valence-electron chi connectivity index (χ2n) is 12.4. The third-order valence-corrected chi connectivity index (χ3v) is 10.9. The quantitative estimate of drug-likeness (QED) is 0.0913. The first-order valence-corrected chi connectivity index (χ1v) is 18.4. The summed E-state index contributed by atoms with van der Waals surface area (Å²) in [5.41, 5.74) is -0.506. The first-order chi connectivity index (χ1) is 20.3. The summed E-state index contributed by atoms with van der Waals surface area (Å²) in [4.78, 5) is 13.3. The highest BCUT2D eigenvalue weighted by Gasteiger charge is 2.36. The summed E-state index contributed by atoms with van der Waals surface area (Å²) < 4.78 is 55.3. The average Bonchev–Trinajstić information content (AvgIpc) is 2.90. The molecule has 0 saturated carbocycles. The Morgan fingerprint density at radius 2 is 0.791 bits per heavy atom. The molecule has 0 fully saturated rings. The topological polar surface area (TPSA) is 113 Å². The van der Waals surface area contributed by atoms with E-state index in [2.05, 4.69) is 33.9 Å². The van der Waals surface area contributed by atoms with Crippen LogP contribution in [0, 0.1) is 0 Å². The molecule has 13 heteroatoms. The van der Waals surface area contributed by atoms with Crippen molar-refractivity contribution in [3.8, 4) is 0 Å². The van der Waals surface area contributed by atoms with Crippen molar-refractivity contribution in [2.24, 2.45) is 0 Å². The van der Waals surface area contributed by atoms with Gasteiger partial charge in [0, 0.05) is 13.6 Å². The minimum atomic E-state index is -1.70. The van der Waals surface area contributed by atoms with Crippen LogP contribution in [-0.2, 0) is 47.1 Å². The number of likely N-dealkylation sites (N-methyl/N-ethyl adjacent to an activating group) is 1. The van der Waals surface area contributed by atoms with Crippen LogP contribution < -0.4 is 0 Å². The van der Waals surface area contributed by atoms with Crippen LogP contribution in [0.1, 0.15) is 41.5 Å². The molecule has 0 unspecified atom stereocenters. The molecular formula is C30H63NO11Si. The summed E-state index contributed by atoms with van der Waals surface area (Å²) in [5, 5.41) is 0.215. The number of nitrogens with zero attached hydrogens (tertiary/aromatic N) is 1. The van der Waals surface area contributed by atoms with Gasteiger partial charge < -0.3 is 52.0 Å². The molecule has 0 atom stereocenters. The van der Waals surface area contributed by atoms with Crippen LogP contribution in [0.4, 0.5) is 4.79 Å². The number of hydrogen-bond acceptors (Lipinski definition) is 11. The van der Waals surface area contributed by atoms with Crippen molar-refractivity contribution in [2.45, 2.75) is 65.3 Å². The maximum absolute atomic E-state index is 11.8. The average molecular weight is 642 g/mol. The van der Waals surface area contributed by atoms with Gasteiger partial charge in [-0.05, 0) is 38.9 Å². The van der Waals surface area contributed by atoms with Crippen molar-refractivity contribution in [2.75, 3.05) is 126 Å². The number of carbonyl (C=O) groups is 1. The SMILES string of the molecule is CN(CCOCCOCCOCCOCCOCCOCCOCCOCCO[Si](C)(C)C(C)(C)C)C(=O)OC(C)(C)C. The van der Waals surface area contributed by atoms with Crippen molar-refractivity contribution in [3.05, 3.63) is 0 Å². The number of ether oxygens (including phenoxy) is 9. The Bertz CT molecular complexity index is 657. The molecule has 0 aromatic heterocycles. The van der Waals surface area contributed by atoms with E-state index in [1.165, 1.54) is 4.90 Å². The molecular weight excluding hydrogens is 578 g/mol. The van der Waals surface area contributed by atoms with Crippen molar-refractivity contribution >= 4 is 14.4 Å². The zero-order chi connectivity index (χ0) is 32.5. The molecule has 258 valence electrons. The van der Waals surface area contributed by atoms with Crippen LogP contribution in [0.15, 0.2) is 0 Å². The predicted octanol–water partition coefficient (Wildman–Crippen LogP) is 4.01. The Morgan fingerprint density at radius 3 is 1.07 bits per heavy atom. The fourth-order valence-corrected chi connectivity index (χ4v) is 3.87. The first-order valence-electron chi connectivity index (χ1n) is 15.5. The van der Waals surface area contributed by atoms with Crippen LogP contribution in [0.2, 0.25) is 18.1 Å². The number of hydrogen-bond donors (Lipinski definition) is 0. The fraction of sp³-hybridized carbons (Fsp3) is 0.967. The molecule has 0 aliphatic rings. The highest BCUT2D eigenvalue weighted by Crippen LogP contribution is 2.36. The number of rotatable bonds is 28. The van der Waals surface area contributed by atoms with Crippen molar-refractivity contribution in [1.82, 2.24) is 4.90 Å². The number of amides is 1. The lowest BCUT2D eigenvalue weighted by Crippen LogP contribution is -2.41. The fourth-order valence-electron chi connectivity index (χ4n) is 2.85. The normalized spacial score (nSPS) is 12.6. The van der Waals surface area contributed by atoms with Crippen LogP contribution in [0.3, 0.4) is 0 Å². The molecule has 0 bridgehead atoms. The Hall–Kier alpha value is -0.873. The Kier molecular flexibility index (Phi) is 24.8. The molecule has 1 amide bonds. The lowest BCUT2D eigenvalue weighted by atomic mass is 10.2.